The minimum Gasteiger partial charge on any atom is -0.494 e. The zero-order chi connectivity index (χ0) is 22.6. The molecule has 32 heavy (non-hydrogen) atoms. The molecule has 172 valence electrons. The Kier molecular flexibility index (Phi) is 9.22. The molecule has 0 saturated carbocycles. The summed E-state index contributed by atoms with van der Waals surface area (Å²) in [5.41, 5.74) is 0. The topological polar surface area (TPSA) is 68.3 Å². The lowest BCUT2D eigenvalue weighted by atomic mass is 10.2. The number of para-hydroxylation sites is 1. The molecular weight excluding hydrogens is 408 g/mol. The van der Waals surface area contributed by atoms with Crippen molar-refractivity contribution in [2.75, 3.05) is 46.0 Å². The molecule has 2 aromatic rings. The van der Waals surface area contributed by atoms with Gasteiger partial charge in [-0.3, -0.25) is 9.59 Å². The standard InChI is InChI=1S/C25H32N2O5/c1-2-30-22-11-13-23(14-12-22)32-20-25(29)27-16-7-15-26(17-18-27)24(28)10-6-19-31-21-8-4-3-5-9-21/h3-5,8-9,11-14H,2,6-7,10,15-20H2,1H3. The average molecular weight is 441 g/mol. The van der Waals surface area contributed by atoms with Gasteiger partial charge < -0.3 is 24.0 Å². The van der Waals surface area contributed by atoms with E-state index in [1.54, 1.807) is 17.0 Å². The summed E-state index contributed by atoms with van der Waals surface area (Å²) in [4.78, 5) is 28.8. The van der Waals surface area contributed by atoms with Crippen LogP contribution >= 0.6 is 0 Å². The molecule has 7 nitrogen and oxygen atoms in total. The third kappa shape index (κ3) is 7.48. The van der Waals surface area contributed by atoms with Gasteiger partial charge in [0, 0.05) is 32.6 Å². The number of rotatable bonds is 10. The quantitative estimate of drug-likeness (QED) is 0.530. The molecule has 0 unspecified atom stereocenters. The first-order valence-electron chi connectivity index (χ1n) is 11.2. The normalized spacial score (nSPS) is 13.9. The van der Waals surface area contributed by atoms with E-state index in [1.807, 2.05) is 54.3 Å². The highest BCUT2D eigenvalue weighted by Crippen LogP contribution is 2.18. The summed E-state index contributed by atoms with van der Waals surface area (Å²) in [5.74, 6) is 2.27. The van der Waals surface area contributed by atoms with Crippen molar-refractivity contribution in [2.24, 2.45) is 0 Å². The Bertz CT molecular complexity index is 841. The smallest absolute Gasteiger partial charge is 0.260 e. The third-order valence-electron chi connectivity index (χ3n) is 5.25. The van der Waals surface area contributed by atoms with Crippen LogP contribution in [0.1, 0.15) is 26.2 Å². The molecule has 0 atom stereocenters. The number of ether oxygens (including phenoxy) is 3. The Balaban J connectivity index is 1.36. The zero-order valence-corrected chi connectivity index (χ0v) is 18.7. The van der Waals surface area contributed by atoms with Crippen molar-refractivity contribution in [2.45, 2.75) is 26.2 Å². The molecule has 0 aromatic heterocycles. The first-order valence-corrected chi connectivity index (χ1v) is 11.2. The molecule has 0 radical (unpaired) electrons. The molecule has 3 rings (SSSR count). The fraction of sp³-hybridized carbons (Fsp3) is 0.440. The molecular formula is C25H32N2O5. The Morgan fingerprint density at radius 1 is 0.750 bits per heavy atom. The second-order valence-electron chi connectivity index (χ2n) is 7.57. The molecule has 1 saturated heterocycles. The van der Waals surface area contributed by atoms with Crippen LogP contribution in [0.2, 0.25) is 0 Å². The van der Waals surface area contributed by atoms with Crippen LogP contribution in [0.25, 0.3) is 0 Å². The van der Waals surface area contributed by atoms with Gasteiger partial charge in [-0.2, -0.15) is 0 Å². The number of benzene rings is 2. The summed E-state index contributed by atoms with van der Waals surface area (Å²) in [6.07, 6.45) is 1.88. The molecule has 2 amide bonds. The Hall–Kier alpha value is -3.22. The lowest BCUT2D eigenvalue weighted by Crippen LogP contribution is -2.39. The monoisotopic (exact) mass is 440 g/mol. The van der Waals surface area contributed by atoms with E-state index in [-0.39, 0.29) is 18.4 Å². The number of nitrogens with zero attached hydrogens (tertiary/aromatic N) is 2. The van der Waals surface area contributed by atoms with Crippen molar-refractivity contribution >= 4 is 11.8 Å². The highest BCUT2D eigenvalue weighted by Gasteiger charge is 2.22. The van der Waals surface area contributed by atoms with Gasteiger partial charge in [0.25, 0.3) is 5.91 Å². The van der Waals surface area contributed by atoms with Crippen molar-refractivity contribution in [3.63, 3.8) is 0 Å². The molecule has 1 aliphatic rings. The predicted molar refractivity (Wildman–Crippen MR) is 122 cm³/mol. The van der Waals surface area contributed by atoms with E-state index in [9.17, 15) is 9.59 Å². The van der Waals surface area contributed by atoms with Crippen LogP contribution in [0.3, 0.4) is 0 Å². The van der Waals surface area contributed by atoms with Crippen LogP contribution in [0.4, 0.5) is 0 Å². The van der Waals surface area contributed by atoms with E-state index in [0.717, 1.165) is 17.9 Å². The van der Waals surface area contributed by atoms with Crippen LogP contribution < -0.4 is 14.2 Å². The lowest BCUT2D eigenvalue weighted by molar-refractivity contribution is -0.134. The van der Waals surface area contributed by atoms with Gasteiger partial charge >= 0.3 is 0 Å². The van der Waals surface area contributed by atoms with E-state index in [2.05, 4.69) is 0 Å². The Morgan fingerprint density at radius 3 is 2.00 bits per heavy atom. The lowest BCUT2D eigenvalue weighted by Gasteiger charge is -2.22. The van der Waals surface area contributed by atoms with E-state index in [0.29, 0.717) is 58.0 Å². The summed E-state index contributed by atoms with van der Waals surface area (Å²) in [6, 6.07) is 16.8. The molecule has 1 aliphatic heterocycles. The number of hydrogen-bond acceptors (Lipinski definition) is 5. The Morgan fingerprint density at radius 2 is 1.34 bits per heavy atom. The molecule has 1 heterocycles. The van der Waals surface area contributed by atoms with Gasteiger partial charge in [-0.15, -0.1) is 0 Å². The maximum absolute atomic E-state index is 12.6. The van der Waals surface area contributed by atoms with Gasteiger partial charge in [-0.05, 0) is 56.2 Å². The average Bonchev–Trinajstić information content (AvgIpc) is 3.08. The number of carbonyl (C=O) groups is 2. The molecule has 0 aliphatic carbocycles. The largest absolute Gasteiger partial charge is 0.494 e. The van der Waals surface area contributed by atoms with Gasteiger partial charge in [0.2, 0.25) is 5.91 Å². The molecule has 0 spiro atoms. The summed E-state index contributed by atoms with van der Waals surface area (Å²) >= 11 is 0. The first-order chi connectivity index (χ1) is 15.7. The third-order valence-corrected chi connectivity index (χ3v) is 5.25. The predicted octanol–water partition coefficient (Wildman–Crippen LogP) is 3.38. The summed E-state index contributed by atoms with van der Waals surface area (Å²) < 4.78 is 16.7. The van der Waals surface area contributed by atoms with Crippen molar-refractivity contribution in [1.82, 2.24) is 9.80 Å². The number of hydrogen-bond donors (Lipinski definition) is 0. The Labute approximate surface area is 189 Å². The van der Waals surface area contributed by atoms with Crippen LogP contribution in [0.5, 0.6) is 17.2 Å². The van der Waals surface area contributed by atoms with Crippen LogP contribution in [0.15, 0.2) is 54.6 Å². The van der Waals surface area contributed by atoms with Gasteiger partial charge in [0.05, 0.1) is 13.2 Å². The number of amides is 2. The van der Waals surface area contributed by atoms with Gasteiger partial charge in [0.15, 0.2) is 6.61 Å². The highest BCUT2D eigenvalue weighted by molar-refractivity contribution is 5.78. The fourth-order valence-electron chi connectivity index (χ4n) is 3.54. The molecule has 2 aromatic carbocycles. The minimum absolute atomic E-state index is 0.0151. The second-order valence-corrected chi connectivity index (χ2v) is 7.57. The molecule has 0 bridgehead atoms. The summed E-state index contributed by atoms with van der Waals surface area (Å²) in [6.45, 7) is 5.41. The van der Waals surface area contributed by atoms with Gasteiger partial charge in [0.1, 0.15) is 17.2 Å². The van der Waals surface area contributed by atoms with Gasteiger partial charge in [-0.25, -0.2) is 0 Å². The minimum atomic E-state index is -0.0653. The fourth-order valence-corrected chi connectivity index (χ4v) is 3.54. The first kappa shape index (κ1) is 23.4. The van der Waals surface area contributed by atoms with Crippen molar-refractivity contribution in [3.05, 3.63) is 54.6 Å². The SMILES string of the molecule is CCOc1ccc(OCC(=O)N2CCCN(C(=O)CCCOc3ccccc3)CC2)cc1. The summed E-state index contributed by atoms with van der Waals surface area (Å²) in [7, 11) is 0. The maximum atomic E-state index is 12.6. The van der Waals surface area contributed by atoms with E-state index in [4.69, 9.17) is 14.2 Å². The molecule has 7 heteroatoms. The molecule has 0 N–H and O–H groups in total. The van der Waals surface area contributed by atoms with Crippen molar-refractivity contribution in [3.8, 4) is 17.2 Å². The highest BCUT2D eigenvalue weighted by atomic mass is 16.5. The van der Waals surface area contributed by atoms with E-state index >= 15 is 0 Å². The van der Waals surface area contributed by atoms with Crippen molar-refractivity contribution in [1.29, 1.82) is 0 Å². The number of carbonyl (C=O) groups excluding carboxylic acids is 2. The van der Waals surface area contributed by atoms with Crippen LogP contribution in [0, 0.1) is 0 Å². The van der Waals surface area contributed by atoms with E-state index < -0.39 is 0 Å². The second kappa shape index (κ2) is 12.6. The van der Waals surface area contributed by atoms with Crippen LogP contribution in [-0.2, 0) is 9.59 Å². The van der Waals surface area contributed by atoms with Crippen molar-refractivity contribution < 1.29 is 23.8 Å². The van der Waals surface area contributed by atoms with Gasteiger partial charge in [-0.1, -0.05) is 18.2 Å². The van der Waals surface area contributed by atoms with Crippen LogP contribution in [-0.4, -0.2) is 67.6 Å². The van der Waals surface area contributed by atoms with E-state index in [1.165, 1.54) is 0 Å². The maximum Gasteiger partial charge on any atom is 0.260 e. The summed E-state index contributed by atoms with van der Waals surface area (Å²) in [5, 5.41) is 0. The molecule has 1 fully saturated rings. The zero-order valence-electron chi connectivity index (χ0n) is 18.7.